The van der Waals surface area contributed by atoms with Gasteiger partial charge in [-0.1, -0.05) is 23.7 Å². The Kier molecular flexibility index (Phi) is 4.06. The van der Waals surface area contributed by atoms with Crippen LogP contribution < -0.4 is 10.0 Å². The van der Waals surface area contributed by atoms with Crippen LogP contribution in [0.4, 0.5) is 24.5 Å². The maximum atomic E-state index is 13.0. The van der Waals surface area contributed by atoms with E-state index in [2.05, 4.69) is 10.0 Å². The first kappa shape index (κ1) is 18.6. The Morgan fingerprint density at radius 1 is 1.04 bits per heavy atom. The summed E-state index contributed by atoms with van der Waals surface area (Å²) in [5.41, 5.74) is -0.630. The second-order valence-corrected chi connectivity index (χ2v) is 8.15. The molecular formula is C18H10ClF3N2O3S. The molecule has 0 fully saturated rings. The maximum absolute atomic E-state index is 13.0. The third-order valence-corrected chi connectivity index (χ3v) is 6.08. The molecule has 0 saturated carbocycles. The number of carbonyl (C=O) groups excluding carboxylic acids is 1. The van der Waals surface area contributed by atoms with Gasteiger partial charge in [-0.05, 0) is 36.4 Å². The summed E-state index contributed by atoms with van der Waals surface area (Å²) >= 11 is 5.57. The fourth-order valence-corrected chi connectivity index (χ4v) is 4.59. The smallest absolute Gasteiger partial charge is 0.321 e. The average Bonchev–Trinajstić information content (AvgIpc) is 2.93. The molecule has 3 aromatic carbocycles. The van der Waals surface area contributed by atoms with Crippen LogP contribution in [0.25, 0.3) is 10.8 Å². The van der Waals surface area contributed by atoms with Gasteiger partial charge in [-0.2, -0.15) is 13.2 Å². The van der Waals surface area contributed by atoms with Crippen molar-refractivity contribution in [2.24, 2.45) is 0 Å². The largest absolute Gasteiger partial charge is 0.417 e. The van der Waals surface area contributed by atoms with E-state index in [-0.39, 0.29) is 21.9 Å². The van der Waals surface area contributed by atoms with Crippen LogP contribution >= 0.6 is 11.6 Å². The number of nitrogens with one attached hydrogen (secondary N) is 2. The highest BCUT2D eigenvalue weighted by molar-refractivity contribution is 7.93. The van der Waals surface area contributed by atoms with Crippen molar-refractivity contribution in [2.75, 3.05) is 10.0 Å². The van der Waals surface area contributed by atoms with Gasteiger partial charge in [0.15, 0.2) is 0 Å². The highest BCUT2D eigenvalue weighted by atomic mass is 35.5. The van der Waals surface area contributed by atoms with Gasteiger partial charge in [0.25, 0.3) is 15.9 Å². The number of carbonyl (C=O) groups is 1. The molecule has 0 atom stereocenters. The lowest BCUT2D eigenvalue weighted by Crippen LogP contribution is -2.14. The van der Waals surface area contributed by atoms with Crippen molar-refractivity contribution in [1.82, 2.24) is 0 Å². The van der Waals surface area contributed by atoms with E-state index in [4.69, 9.17) is 11.6 Å². The van der Waals surface area contributed by atoms with Gasteiger partial charge in [0.2, 0.25) is 0 Å². The molecule has 0 unspecified atom stereocenters. The van der Waals surface area contributed by atoms with Crippen molar-refractivity contribution in [3.05, 3.63) is 64.7 Å². The van der Waals surface area contributed by atoms with Crippen LogP contribution in [0.1, 0.15) is 15.9 Å². The molecule has 5 nitrogen and oxygen atoms in total. The van der Waals surface area contributed by atoms with Crippen molar-refractivity contribution >= 4 is 49.7 Å². The van der Waals surface area contributed by atoms with E-state index < -0.39 is 26.8 Å². The van der Waals surface area contributed by atoms with Gasteiger partial charge in [-0.25, -0.2) is 8.42 Å². The van der Waals surface area contributed by atoms with Gasteiger partial charge in [-0.3, -0.25) is 9.52 Å². The summed E-state index contributed by atoms with van der Waals surface area (Å²) in [5, 5.41) is 2.83. The van der Waals surface area contributed by atoms with Crippen molar-refractivity contribution < 1.29 is 26.4 Å². The Labute approximate surface area is 162 Å². The molecule has 0 bridgehead atoms. The van der Waals surface area contributed by atoms with Gasteiger partial charge < -0.3 is 5.32 Å². The zero-order valence-corrected chi connectivity index (χ0v) is 15.3. The van der Waals surface area contributed by atoms with Gasteiger partial charge in [0.05, 0.1) is 15.5 Å². The molecule has 2 N–H and O–H groups in total. The number of hydrogen-bond donors (Lipinski definition) is 2. The van der Waals surface area contributed by atoms with Crippen molar-refractivity contribution in [3.8, 4) is 0 Å². The lowest BCUT2D eigenvalue weighted by Gasteiger charge is -2.14. The molecule has 1 aliphatic rings. The second-order valence-electron chi connectivity index (χ2n) is 6.09. The predicted octanol–water partition coefficient (Wildman–Crippen LogP) is 4.88. The quantitative estimate of drug-likeness (QED) is 0.627. The molecule has 0 saturated heterocycles. The lowest BCUT2D eigenvalue weighted by atomic mass is 10.1. The molecule has 144 valence electrons. The molecule has 3 aromatic rings. The second kappa shape index (κ2) is 6.11. The zero-order valence-electron chi connectivity index (χ0n) is 13.8. The monoisotopic (exact) mass is 426 g/mol. The van der Waals surface area contributed by atoms with Crippen molar-refractivity contribution in [2.45, 2.75) is 11.1 Å². The maximum Gasteiger partial charge on any atom is 0.417 e. The van der Waals surface area contributed by atoms with Crippen LogP contribution in [0.2, 0.25) is 5.02 Å². The number of sulfonamides is 1. The molecule has 4 rings (SSSR count). The SMILES string of the molecule is O=C1Nc2ccc(S(=O)(=O)Nc3ccc(Cl)c(C(F)(F)F)c3)c3cccc1c23. The minimum Gasteiger partial charge on any atom is -0.321 e. The normalized spacial score (nSPS) is 13.6. The van der Waals surface area contributed by atoms with Gasteiger partial charge in [-0.15, -0.1) is 0 Å². The minimum atomic E-state index is -4.73. The average molecular weight is 427 g/mol. The molecule has 1 heterocycles. The number of anilines is 2. The fourth-order valence-electron chi connectivity index (χ4n) is 3.11. The summed E-state index contributed by atoms with van der Waals surface area (Å²) in [6.45, 7) is 0. The van der Waals surface area contributed by atoms with Crippen LogP contribution in [0.5, 0.6) is 0 Å². The van der Waals surface area contributed by atoms with Gasteiger partial charge in [0, 0.05) is 27.7 Å². The molecule has 0 aromatic heterocycles. The molecule has 0 radical (unpaired) electrons. The standard InChI is InChI=1S/C18H10ClF3N2O3S/c19-13-5-4-9(8-12(13)18(20,21)22)24-28(26,27)15-7-6-14-16-10(15)2-1-3-11(16)17(25)23-14/h1-8,24H,(H,23,25). The lowest BCUT2D eigenvalue weighted by molar-refractivity contribution is -0.137. The van der Waals surface area contributed by atoms with Crippen molar-refractivity contribution in [1.29, 1.82) is 0 Å². The molecule has 1 amide bonds. The van der Waals surface area contributed by atoms with E-state index in [0.717, 1.165) is 12.1 Å². The first-order chi connectivity index (χ1) is 13.1. The van der Waals surface area contributed by atoms with Crippen LogP contribution in [0.15, 0.2) is 53.4 Å². The summed E-state index contributed by atoms with van der Waals surface area (Å²) in [5.74, 6) is -0.351. The number of rotatable bonds is 3. The van der Waals surface area contributed by atoms with E-state index in [1.807, 2.05) is 0 Å². The zero-order chi connectivity index (χ0) is 20.3. The van der Waals surface area contributed by atoms with E-state index >= 15 is 0 Å². The highest BCUT2D eigenvalue weighted by Gasteiger charge is 2.34. The Balaban J connectivity index is 1.81. The Hall–Kier alpha value is -2.78. The summed E-state index contributed by atoms with van der Waals surface area (Å²) in [7, 11) is -4.24. The summed E-state index contributed by atoms with van der Waals surface area (Å²) < 4.78 is 66.9. The third-order valence-electron chi connectivity index (χ3n) is 4.31. The number of hydrogen-bond acceptors (Lipinski definition) is 3. The topological polar surface area (TPSA) is 75.3 Å². The fraction of sp³-hybridized carbons (Fsp3) is 0.0556. The summed E-state index contributed by atoms with van der Waals surface area (Å²) in [6.07, 6.45) is -4.73. The predicted molar refractivity (Wildman–Crippen MR) is 99.2 cm³/mol. The van der Waals surface area contributed by atoms with Crippen LogP contribution in [0, 0.1) is 0 Å². The van der Waals surface area contributed by atoms with Crippen molar-refractivity contribution in [3.63, 3.8) is 0 Å². The van der Waals surface area contributed by atoms with Crippen LogP contribution in [-0.2, 0) is 16.2 Å². The van der Waals surface area contributed by atoms with E-state index in [1.54, 1.807) is 6.07 Å². The van der Waals surface area contributed by atoms with Gasteiger partial charge >= 0.3 is 6.18 Å². The molecule has 0 spiro atoms. The first-order valence-electron chi connectivity index (χ1n) is 7.84. The number of alkyl halides is 3. The van der Waals surface area contributed by atoms with E-state index in [1.165, 1.54) is 24.3 Å². The minimum absolute atomic E-state index is 0.159. The molecule has 28 heavy (non-hydrogen) atoms. The summed E-state index contributed by atoms with van der Waals surface area (Å²) in [6, 6.07) is 10.1. The first-order valence-corrected chi connectivity index (χ1v) is 9.71. The Bertz CT molecular complexity index is 1260. The summed E-state index contributed by atoms with van der Waals surface area (Å²) in [4.78, 5) is 11.8. The molecule has 10 heteroatoms. The number of amides is 1. The number of benzene rings is 3. The molecular weight excluding hydrogens is 417 g/mol. The van der Waals surface area contributed by atoms with E-state index in [0.29, 0.717) is 22.7 Å². The molecule has 1 aliphatic heterocycles. The Morgan fingerprint density at radius 3 is 2.50 bits per heavy atom. The van der Waals surface area contributed by atoms with Crippen LogP contribution in [-0.4, -0.2) is 14.3 Å². The van der Waals surface area contributed by atoms with E-state index in [9.17, 15) is 26.4 Å². The Morgan fingerprint density at radius 2 is 1.79 bits per heavy atom. The highest BCUT2D eigenvalue weighted by Crippen LogP contribution is 2.39. The van der Waals surface area contributed by atoms with Crippen LogP contribution in [0.3, 0.4) is 0 Å². The van der Waals surface area contributed by atoms with Gasteiger partial charge in [0.1, 0.15) is 0 Å². The third kappa shape index (κ3) is 2.96. The molecule has 0 aliphatic carbocycles. The number of halogens is 4.